The smallest absolute Gasteiger partial charge is 0.357 e. The van der Waals surface area contributed by atoms with Crippen molar-refractivity contribution >= 4 is 29.9 Å². The Balaban J connectivity index is 0.00000320. The number of alkyl halides is 3. The van der Waals surface area contributed by atoms with Crippen LogP contribution in [0.4, 0.5) is 13.2 Å². The Hall–Kier alpha value is -1.82. The molecule has 1 fully saturated rings. The first kappa shape index (κ1) is 24.4. The highest BCUT2D eigenvalue weighted by Crippen LogP contribution is 2.30. The molecule has 10 heteroatoms. The molecular weight excluding hydrogens is 508 g/mol. The zero-order chi connectivity index (χ0) is 20.9. The van der Waals surface area contributed by atoms with Crippen LogP contribution in [0.25, 0.3) is 0 Å². The Kier molecular flexibility index (Phi) is 8.95. The van der Waals surface area contributed by atoms with Crippen molar-refractivity contribution in [2.75, 3.05) is 32.7 Å². The summed E-state index contributed by atoms with van der Waals surface area (Å²) in [7, 11) is 1.49. The summed E-state index contributed by atoms with van der Waals surface area (Å²) in [5.74, 6) is 0.642. The number of hydrogen-bond acceptors (Lipinski definition) is 3. The molecule has 1 aromatic carbocycles. The lowest BCUT2D eigenvalue weighted by Gasteiger charge is -2.36. The van der Waals surface area contributed by atoms with Crippen LogP contribution in [0.15, 0.2) is 41.5 Å². The van der Waals surface area contributed by atoms with Crippen LogP contribution in [-0.2, 0) is 26.3 Å². The number of halogens is 4. The molecule has 0 saturated carbocycles. The number of aliphatic imine (C=N–C) groups is 1. The second kappa shape index (κ2) is 11.0. The van der Waals surface area contributed by atoms with E-state index in [9.17, 15) is 13.2 Å². The lowest BCUT2D eigenvalue weighted by Crippen LogP contribution is -2.52. The maximum absolute atomic E-state index is 13.2. The molecule has 0 radical (unpaired) electrons. The lowest BCUT2D eigenvalue weighted by molar-refractivity contribution is -0.142. The average Bonchev–Trinajstić information content (AvgIpc) is 3.08. The number of aromatic nitrogens is 2. The highest BCUT2D eigenvalue weighted by Gasteiger charge is 2.36. The lowest BCUT2D eigenvalue weighted by atomic mass is 10.2. The molecule has 0 amide bonds. The van der Waals surface area contributed by atoms with Crippen LogP contribution in [0.2, 0.25) is 0 Å². The highest BCUT2D eigenvalue weighted by molar-refractivity contribution is 14.0. The van der Waals surface area contributed by atoms with Crippen LogP contribution < -0.4 is 5.32 Å². The zero-order valence-corrected chi connectivity index (χ0v) is 19.5. The molecule has 30 heavy (non-hydrogen) atoms. The van der Waals surface area contributed by atoms with E-state index in [1.54, 1.807) is 0 Å². The van der Waals surface area contributed by atoms with Crippen molar-refractivity contribution in [3.05, 3.63) is 53.3 Å². The van der Waals surface area contributed by atoms with Gasteiger partial charge in [-0.1, -0.05) is 30.3 Å². The Labute approximate surface area is 192 Å². The molecule has 1 aliphatic rings. The molecule has 0 aliphatic carbocycles. The Morgan fingerprint density at radius 1 is 1.13 bits per heavy atom. The molecule has 2 heterocycles. The summed E-state index contributed by atoms with van der Waals surface area (Å²) in [4.78, 5) is 8.94. The van der Waals surface area contributed by atoms with Gasteiger partial charge in [-0.05, 0) is 12.5 Å². The molecule has 0 atom stereocenters. The van der Waals surface area contributed by atoms with E-state index in [0.717, 1.165) is 32.7 Å². The van der Waals surface area contributed by atoms with Crippen LogP contribution in [0.5, 0.6) is 0 Å². The molecule has 166 valence electrons. The van der Waals surface area contributed by atoms with Crippen molar-refractivity contribution in [2.45, 2.75) is 26.2 Å². The number of benzene rings is 1. The summed E-state index contributed by atoms with van der Waals surface area (Å²) in [5.41, 5.74) is 0.489. The fourth-order valence-corrected chi connectivity index (χ4v) is 3.44. The molecule has 1 aromatic heterocycles. The molecule has 0 bridgehead atoms. The number of aryl methyl sites for hydroxylation is 1. The van der Waals surface area contributed by atoms with E-state index >= 15 is 0 Å². The summed E-state index contributed by atoms with van der Waals surface area (Å²) in [6, 6.07) is 10.3. The molecule has 3 rings (SSSR count). The summed E-state index contributed by atoms with van der Waals surface area (Å²) in [6.45, 7) is 6.74. The predicted octanol–water partition coefficient (Wildman–Crippen LogP) is 3.34. The SMILES string of the molecule is CCNC(=NCc1cn(C)nc1C(F)(F)F)N1CCN(Cc2ccccc2)CC1.I. The van der Waals surface area contributed by atoms with Crippen molar-refractivity contribution < 1.29 is 13.2 Å². The van der Waals surface area contributed by atoms with Gasteiger partial charge >= 0.3 is 6.18 Å². The Morgan fingerprint density at radius 2 is 1.80 bits per heavy atom. The van der Waals surface area contributed by atoms with Crippen molar-refractivity contribution in [2.24, 2.45) is 12.0 Å². The number of nitrogens with zero attached hydrogens (tertiary/aromatic N) is 5. The van der Waals surface area contributed by atoms with E-state index in [0.29, 0.717) is 12.5 Å². The predicted molar refractivity (Wildman–Crippen MR) is 122 cm³/mol. The van der Waals surface area contributed by atoms with Gasteiger partial charge in [0.15, 0.2) is 11.7 Å². The summed E-state index contributed by atoms with van der Waals surface area (Å²) < 4.78 is 40.6. The van der Waals surface area contributed by atoms with Gasteiger partial charge in [0.05, 0.1) is 6.54 Å². The Bertz CT molecular complexity index is 814. The van der Waals surface area contributed by atoms with E-state index in [1.807, 2.05) is 25.1 Å². The van der Waals surface area contributed by atoms with Gasteiger partial charge in [-0.15, -0.1) is 24.0 Å². The summed E-state index contributed by atoms with van der Waals surface area (Å²) >= 11 is 0. The van der Waals surface area contributed by atoms with Gasteiger partial charge in [0, 0.05) is 58.1 Å². The number of piperazine rings is 1. The van der Waals surface area contributed by atoms with Gasteiger partial charge in [-0.2, -0.15) is 18.3 Å². The van der Waals surface area contributed by atoms with Gasteiger partial charge in [0.2, 0.25) is 0 Å². The van der Waals surface area contributed by atoms with Crippen molar-refractivity contribution in [3.63, 3.8) is 0 Å². The van der Waals surface area contributed by atoms with E-state index in [1.165, 1.54) is 23.5 Å². The minimum Gasteiger partial charge on any atom is -0.357 e. The molecule has 1 aliphatic heterocycles. The fraction of sp³-hybridized carbons (Fsp3) is 0.500. The van der Waals surface area contributed by atoms with Crippen LogP contribution in [-0.4, -0.2) is 58.3 Å². The minimum absolute atomic E-state index is 0. The van der Waals surface area contributed by atoms with E-state index in [2.05, 4.69) is 37.3 Å². The van der Waals surface area contributed by atoms with E-state index < -0.39 is 11.9 Å². The maximum atomic E-state index is 13.2. The second-order valence-corrected chi connectivity index (χ2v) is 7.09. The van der Waals surface area contributed by atoms with Gasteiger partial charge in [0.25, 0.3) is 0 Å². The van der Waals surface area contributed by atoms with E-state index in [4.69, 9.17) is 0 Å². The minimum atomic E-state index is -4.48. The van der Waals surface area contributed by atoms with Crippen LogP contribution in [0.1, 0.15) is 23.7 Å². The fourth-order valence-electron chi connectivity index (χ4n) is 3.44. The zero-order valence-electron chi connectivity index (χ0n) is 17.2. The molecule has 0 spiro atoms. The first-order valence-corrected chi connectivity index (χ1v) is 9.76. The monoisotopic (exact) mass is 536 g/mol. The molecule has 6 nitrogen and oxygen atoms in total. The van der Waals surface area contributed by atoms with Gasteiger partial charge < -0.3 is 10.2 Å². The normalized spacial score (nSPS) is 15.8. The largest absolute Gasteiger partial charge is 0.435 e. The van der Waals surface area contributed by atoms with Gasteiger partial charge in [0.1, 0.15) is 0 Å². The van der Waals surface area contributed by atoms with Crippen molar-refractivity contribution in [1.82, 2.24) is 24.9 Å². The standard InChI is InChI=1S/C20H27F3N6.HI/c1-3-24-19(25-13-17-15-27(2)26-18(17)20(21,22)23)29-11-9-28(10-12-29)14-16-7-5-4-6-8-16;/h4-8,15H,3,9-14H2,1-2H3,(H,24,25);1H. The topological polar surface area (TPSA) is 48.7 Å². The molecule has 2 aromatic rings. The average molecular weight is 536 g/mol. The number of guanidine groups is 1. The third kappa shape index (κ3) is 6.59. The quantitative estimate of drug-likeness (QED) is 0.362. The molecule has 0 unspecified atom stereocenters. The van der Waals surface area contributed by atoms with E-state index in [-0.39, 0.29) is 36.1 Å². The summed E-state index contributed by atoms with van der Waals surface area (Å²) in [5, 5.41) is 6.75. The van der Waals surface area contributed by atoms with Crippen LogP contribution in [0, 0.1) is 0 Å². The molecule has 1 N–H and O–H groups in total. The maximum Gasteiger partial charge on any atom is 0.435 e. The van der Waals surface area contributed by atoms with Crippen molar-refractivity contribution in [3.8, 4) is 0 Å². The second-order valence-electron chi connectivity index (χ2n) is 7.09. The van der Waals surface area contributed by atoms with Crippen LogP contribution in [0.3, 0.4) is 0 Å². The first-order valence-electron chi connectivity index (χ1n) is 9.76. The van der Waals surface area contributed by atoms with Gasteiger partial charge in [-0.3, -0.25) is 9.58 Å². The Morgan fingerprint density at radius 3 is 2.40 bits per heavy atom. The van der Waals surface area contributed by atoms with Crippen molar-refractivity contribution in [1.29, 1.82) is 0 Å². The third-order valence-electron chi connectivity index (χ3n) is 4.83. The first-order chi connectivity index (χ1) is 13.9. The molecule has 1 saturated heterocycles. The van der Waals surface area contributed by atoms with Gasteiger partial charge in [-0.25, -0.2) is 4.99 Å². The summed E-state index contributed by atoms with van der Waals surface area (Å²) in [6.07, 6.45) is -3.10. The number of hydrogen-bond donors (Lipinski definition) is 1. The third-order valence-corrected chi connectivity index (χ3v) is 4.83. The van der Waals surface area contributed by atoms with Crippen LogP contribution >= 0.6 is 24.0 Å². The highest BCUT2D eigenvalue weighted by atomic mass is 127. The molecular formula is C20H28F3IN6. The number of rotatable bonds is 5. The number of nitrogens with one attached hydrogen (secondary N) is 1.